The fraction of sp³-hybridized carbons (Fsp3) is 0.923. The smallest absolute Gasteiger partial charge is 0.191 e. The van der Waals surface area contributed by atoms with Gasteiger partial charge >= 0.3 is 0 Å². The standard InChI is InChI=1S/C13H28N4S.HI/c1-4-14-13(15-7-10-18-3)16-11-12-5-8-17(2)9-6-12;/h12H,4-11H2,1-3H3,(H2,14,15,16);1H. The van der Waals surface area contributed by atoms with E-state index in [-0.39, 0.29) is 24.0 Å². The third-order valence-corrected chi connectivity index (χ3v) is 3.90. The number of hydrogen-bond donors (Lipinski definition) is 2. The molecule has 0 aromatic heterocycles. The lowest BCUT2D eigenvalue weighted by Gasteiger charge is -2.28. The lowest BCUT2D eigenvalue weighted by molar-refractivity contribution is 0.223. The molecule has 0 amide bonds. The summed E-state index contributed by atoms with van der Waals surface area (Å²) in [4.78, 5) is 7.11. The van der Waals surface area contributed by atoms with Crippen LogP contribution in [0.4, 0.5) is 0 Å². The predicted molar refractivity (Wildman–Crippen MR) is 98.0 cm³/mol. The molecule has 0 unspecified atom stereocenters. The summed E-state index contributed by atoms with van der Waals surface area (Å²) in [6.45, 7) is 7.43. The summed E-state index contributed by atoms with van der Waals surface area (Å²) in [6.07, 6.45) is 4.69. The molecule has 0 aromatic rings. The molecule has 0 atom stereocenters. The quantitative estimate of drug-likeness (QED) is 0.309. The van der Waals surface area contributed by atoms with E-state index in [1.807, 2.05) is 11.8 Å². The third-order valence-electron chi connectivity index (χ3n) is 3.29. The van der Waals surface area contributed by atoms with Crippen LogP contribution in [0.3, 0.4) is 0 Å². The van der Waals surface area contributed by atoms with Gasteiger partial charge in [0.15, 0.2) is 5.96 Å². The summed E-state index contributed by atoms with van der Waals surface area (Å²) in [5.74, 6) is 2.86. The Morgan fingerprint density at radius 3 is 2.58 bits per heavy atom. The van der Waals surface area contributed by atoms with Crippen molar-refractivity contribution in [1.82, 2.24) is 15.5 Å². The first kappa shape index (κ1) is 19.3. The van der Waals surface area contributed by atoms with Gasteiger partial charge in [0.1, 0.15) is 0 Å². The fourth-order valence-electron chi connectivity index (χ4n) is 2.08. The minimum absolute atomic E-state index is 0. The number of likely N-dealkylation sites (tertiary alicyclic amines) is 1. The van der Waals surface area contributed by atoms with Crippen molar-refractivity contribution in [3.8, 4) is 0 Å². The minimum Gasteiger partial charge on any atom is -0.357 e. The highest BCUT2D eigenvalue weighted by molar-refractivity contribution is 14.0. The first-order chi connectivity index (χ1) is 8.76. The van der Waals surface area contributed by atoms with Crippen LogP contribution in [-0.4, -0.2) is 62.6 Å². The van der Waals surface area contributed by atoms with Crippen LogP contribution in [0.5, 0.6) is 0 Å². The Labute approximate surface area is 139 Å². The zero-order valence-electron chi connectivity index (χ0n) is 12.4. The lowest BCUT2D eigenvalue weighted by atomic mass is 9.97. The molecule has 114 valence electrons. The van der Waals surface area contributed by atoms with Crippen LogP contribution in [0, 0.1) is 5.92 Å². The number of thioether (sulfide) groups is 1. The maximum absolute atomic E-state index is 4.70. The minimum atomic E-state index is 0. The van der Waals surface area contributed by atoms with Gasteiger partial charge in [-0.05, 0) is 52.1 Å². The molecule has 2 N–H and O–H groups in total. The molecule has 19 heavy (non-hydrogen) atoms. The summed E-state index contributed by atoms with van der Waals surface area (Å²) < 4.78 is 0. The lowest BCUT2D eigenvalue weighted by Crippen LogP contribution is -2.39. The predicted octanol–water partition coefficient (Wildman–Crippen LogP) is 1.86. The first-order valence-electron chi connectivity index (χ1n) is 6.96. The summed E-state index contributed by atoms with van der Waals surface area (Å²) in [5, 5.41) is 6.69. The van der Waals surface area contributed by atoms with Crippen molar-refractivity contribution in [2.45, 2.75) is 19.8 Å². The van der Waals surface area contributed by atoms with Gasteiger partial charge in [0, 0.05) is 25.4 Å². The molecule has 0 bridgehead atoms. The zero-order chi connectivity index (χ0) is 13.2. The second-order valence-electron chi connectivity index (χ2n) is 4.89. The number of guanidine groups is 1. The Hall–Kier alpha value is 0.310. The number of rotatable bonds is 6. The largest absolute Gasteiger partial charge is 0.357 e. The molecule has 1 aliphatic rings. The number of halogens is 1. The van der Waals surface area contributed by atoms with E-state index in [1.165, 1.54) is 25.9 Å². The molecule has 1 saturated heterocycles. The van der Waals surface area contributed by atoms with E-state index in [2.05, 4.69) is 35.8 Å². The second-order valence-corrected chi connectivity index (χ2v) is 5.87. The van der Waals surface area contributed by atoms with Gasteiger partial charge in [-0.25, -0.2) is 0 Å². The van der Waals surface area contributed by atoms with Crippen molar-refractivity contribution in [3.05, 3.63) is 0 Å². The first-order valence-corrected chi connectivity index (χ1v) is 8.35. The van der Waals surface area contributed by atoms with Crippen molar-refractivity contribution in [2.75, 3.05) is 51.8 Å². The number of aliphatic imine (C=N–C) groups is 1. The van der Waals surface area contributed by atoms with Gasteiger partial charge in [-0.3, -0.25) is 4.99 Å². The van der Waals surface area contributed by atoms with Crippen LogP contribution < -0.4 is 10.6 Å². The van der Waals surface area contributed by atoms with Gasteiger partial charge in [0.2, 0.25) is 0 Å². The molecule has 0 spiro atoms. The Kier molecular flexibility index (Phi) is 12.3. The van der Waals surface area contributed by atoms with Crippen LogP contribution in [0.1, 0.15) is 19.8 Å². The maximum atomic E-state index is 4.70. The van der Waals surface area contributed by atoms with E-state index in [0.717, 1.165) is 37.3 Å². The van der Waals surface area contributed by atoms with Gasteiger partial charge in [-0.15, -0.1) is 24.0 Å². The molecule has 1 rings (SSSR count). The van der Waals surface area contributed by atoms with Gasteiger partial charge in [0.05, 0.1) is 0 Å². The van der Waals surface area contributed by atoms with E-state index < -0.39 is 0 Å². The highest BCUT2D eigenvalue weighted by Gasteiger charge is 2.16. The summed E-state index contributed by atoms with van der Waals surface area (Å²) in [5.41, 5.74) is 0. The van der Waals surface area contributed by atoms with Crippen molar-refractivity contribution >= 4 is 41.7 Å². The third kappa shape index (κ3) is 8.96. The van der Waals surface area contributed by atoms with E-state index in [1.54, 1.807) is 0 Å². The molecular weight excluding hydrogens is 371 g/mol. The fourth-order valence-corrected chi connectivity index (χ4v) is 2.38. The molecule has 0 aliphatic carbocycles. The number of piperidine rings is 1. The summed E-state index contributed by atoms with van der Waals surface area (Å²) >= 11 is 1.86. The highest BCUT2D eigenvalue weighted by atomic mass is 127. The van der Waals surface area contributed by atoms with Crippen molar-refractivity contribution in [3.63, 3.8) is 0 Å². The van der Waals surface area contributed by atoms with Gasteiger partial charge in [-0.2, -0.15) is 11.8 Å². The Morgan fingerprint density at radius 2 is 2.00 bits per heavy atom. The molecule has 0 radical (unpaired) electrons. The summed E-state index contributed by atoms with van der Waals surface area (Å²) in [7, 11) is 2.20. The second kappa shape index (κ2) is 12.1. The van der Waals surface area contributed by atoms with Crippen LogP contribution in [0.15, 0.2) is 4.99 Å². The monoisotopic (exact) mass is 400 g/mol. The maximum Gasteiger partial charge on any atom is 0.191 e. The molecule has 6 heteroatoms. The zero-order valence-corrected chi connectivity index (χ0v) is 15.6. The van der Waals surface area contributed by atoms with Crippen LogP contribution in [0.25, 0.3) is 0 Å². The van der Waals surface area contributed by atoms with Crippen LogP contribution >= 0.6 is 35.7 Å². The molecule has 4 nitrogen and oxygen atoms in total. The number of nitrogens with one attached hydrogen (secondary N) is 2. The Bertz CT molecular complexity index is 243. The normalized spacial score (nSPS) is 17.9. The average Bonchev–Trinajstić information content (AvgIpc) is 2.38. The molecule has 1 heterocycles. The molecular formula is C13H29IN4S. The van der Waals surface area contributed by atoms with Crippen molar-refractivity contribution in [1.29, 1.82) is 0 Å². The van der Waals surface area contributed by atoms with E-state index in [4.69, 9.17) is 4.99 Å². The molecule has 1 fully saturated rings. The van der Waals surface area contributed by atoms with Crippen LogP contribution in [0.2, 0.25) is 0 Å². The highest BCUT2D eigenvalue weighted by Crippen LogP contribution is 2.15. The van der Waals surface area contributed by atoms with Gasteiger partial charge in [-0.1, -0.05) is 0 Å². The van der Waals surface area contributed by atoms with Crippen molar-refractivity contribution in [2.24, 2.45) is 10.9 Å². The molecule has 1 aliphatic heterocycles. The van der Waals surface area contributed by atoms with E-state index >= 15 is 0 Å². The Morgan fingerprint density at radius 1 is 1.32 bits per heavy atom. The molecule has 0 saturated carbocycles. The molecule has 0 aromatic carbocycles. The van der Waals surface area contributed by atoms with E-state index in [9.17, 15) is 0 Å². The summed E-state index contributed by atoms with van der Waals surface area (Å²) in [6, 6.07) is 0. The topological polar surface area (TPSA) is 39.7 Å². The van der Waals surface area contributed by atoms with Gasteiger partial charge in [0.25, 0.3) is 0 Å². The van der Waals surface area contributed by atoms with Gasteiger partial charge < -0.3 is 15.5 Å². The van der Waals surface area contributed by atoms with E-state index in [0.29, 0.717) is 0 Å². The average molecular weight is 400 g/mol. The van der Waals surface area contributed by atoms with Crippen molar-refractivity contribution < 1.29 is 0 Å². The number of nitrogens with zero attached hydrogens (tertiary/aromatic N) is 2. The number of hydrogen-bond acceptors (Lipinski definition) is 3. The van der Waals surface area contributed by atoms with Crippen LogP contribution in [-0.2, 0) is 0 Å². The SMILES string of the molecule is CCNC(=NCC1CCN(C)CC1)NCCSC.I. The Balaban J connectivity index is 0.00000324.